The van der Waals surface area contributed by atoms with E-state index in [0.717, 1.165) is 11.3 Å². The maximum atomic E-state index is 13.7. The van der Waals surface area contributed by atoms with E-state index in [0.29, 0.717) is 6.54 Å². The Morgan fingerprint density at radius 3 is 2.35 bits per heavy atom. The monoisotopic (exact) mass is 360 g/mol. The molecule has 1 amide bonds. The molecule has 0 aliphatic carbocycles. The molecule has 0 aliphatic rings. The van der Waals surface area contributed by atoms with E-state index in [9.17, 15) is 9.18 Å². The minimum atomic E-state index is -0.813. The van der Waals surface area contributed by atoms with Gasteiger partial charge in [-0.2, -0.15) is 0 Å². The molecule has 0 aromatic heterocycles. The number of ether oxygens (including phenoxy) is 2. The maximum absolute atomic E-state index is 13.7. The van der Waals surface area contributed by atoms with E-state index < -0.39 is 11.9 Å². The molecule has 0 heterocycles. The Hall–Kier alpha value is -2.60. The number of benzene rings is 2. The molecule has 0 bridgehead atoms. The van der Waals surface area contributed by atoms with Gasteiger partial charge in [-0.25, -0.2) is 4.39 Å². The van der Waals surface area contributed by atoms with Crippen LogP contribution in [0.5, 0.6) is 11.5 Å². The second kappa shape index (κ2) is 9.20. The van der Waals surface area contributed by atoms with Crippen LogP contribution in [0.3, 0.4) is 0 Å². The van der Waals surface area contributed by atoms with Gasteiger partial charge in [-0.3, -0.25) is 4.79 Å². The van der Waals surface area contributed by atoms with Gasteiger partial charge in [0.25, 0.3) is 5.91 Å². The molecular formula is C20H25FN2O3. The van der Waals surface area contributed by atoms with Crippen molar-refractivity contribution < 1.29 is 18.7 Å². The van der Waals surface area contributed by atoms with Gasteiger partial charge in [0.2, 0.25) is 0 Å². The molecule has 2 rings (SSSR count). The molecule has 0 fully saturated rings. The molecule has 6 heteroatoms. The highest BCUT2D eigenvalue weighted by atomic mass is 19.1. The third-order valence-corrected chi connectivity index (χ3v) is 4.10. The van der Waals surface area contributed by atoms with Gasteiger partial charge in [0.05, 0.1) is 13.2 Å². The van der Waals surface area contributed by atoms with Crippen LogP contribution in [0.15, 0.2) is 48.5 Å². The molecule has 2 aromatic carbocycles. The summed E-state index contributed by atoms with van der Waals surface area (Å²) in [7, 11) is 5.49. The minimum absolute atomic E-state index is 0.0593. The Kier molecular flexibility index (Phi) is 6.97. The molecule has 1 N–H and O–H groups in total. The van der Waals surface area contributed by atoms with E-state index in [1.165, 1.54) is 12.1 Å². The lowest BCUT2D eigenvalue weighted by Gasteiger charge is -2.27. The van der Waals surface area contributed by atoms with Crippen LogP contribution < -0.4 is 14.8 Å². The fourth-order valence-corrected chi connectivity index (χ4v) is 2.64. The topological polar surface area (TPSA) is 50.8 Å². The fraction of sp³-hybridized carbons (Fsp3) is 0.350. The number of rotatable bonds is 8. The highest BCUT2D eigenvalue weighted by molar-refractivity contribution is 5.80. The molecule has 0 saturated carbocycles. The molecule has 2 atom stereocenters. The van der Waals surface area contributed by atoms with Gasteiger partial charge < -0.3 is 19.7 Å². The molecule has 5 nitrogen and oxygen atoms in total. The van der Waals surface area contributed by atoms with Crippen molar-refractivity contribution in [2.24, 2.45) is 0 Å². The summed E-state index contributed by atoms with van der Waals surface area (Å²) in [6, 6.07) is 13.6. The second-order valence-electron chi connectivity index (χ2n) is 6.16. The lowest BCUT2D eigenvalue weighted by Crippen LogP contribution is -2.41. The van der Waals surface area contributed by atoms with E-state index in [1.54, 1.807) is 26.2 Å². The number of hydrogen-bond donors (Lipinski definition) is 1. The second-order valence-corrected chi connectivity index (χ2v) is 6.16. The first kappa shape index (κ1) is 19.7. The highest BCUT2D eigenvalue weighted by Crippen LogP contribution is 2.27. The number of para-hydroxylation sites is 2. The van der Waals surface area contributed by atoms with Crippen LogP contribution in [0, 0.1) is 5.82 Å². The zero-order valence-corrected chi connectivity index (χ0v) is 15.5. The van der Waals surface area contributed by atoms with Crippen LogP contribution in [0.2, 0.25) is 0 Å². The smallest absolute Gasteiger partial charge is 0.260 e. The number of nitrogens with zero attached hydrogens (tertiary/aromatic N) is 1. The van der Waals surface area contributed by atoms with Gasteiger partial charge in [0, 0.05) is 12.1 Å². The number of methoxy groups -OCH3 is 1. The lowest BCUT2D eigenvalue weighted by atomic mass is 10.0. The number of nitrogens with one attached hydrogen (secondary N) is 1. The lowest BCUT2D eigenvalue weighted by molar-refractivity contribution is -0.127. The summed E-state index contributed by atoms with van der Waals surface area (Å²) >= 11 is 0. The molecule has 0 radical (unpaired) electrons. The Labute approximate surface area is 153 Å². The molecular weight excluding hydrogens is 335 g/mol. The Morgan fingerprint density at radius 2 is 1.73 bits per heavy atom. The van der Waals surface area contributed by atoms with Gasteiger partial charge >= 0.3 is 0 Å². The molecule has 140 valence electrons. The van der Waals surface area contributed by atoms with Crippen molar-refractivity contribution in [3.8, 4) is 11.5 Å². The van der Waals surface area contributed by atoms with Crippen LogP contribution in [0.4, 0.5) is 4.39 Å². The standard InChI is InChI=1S/C20H25FN2O3/c1-14(26-19-12-8-6-10-16(19)21)20(24)22-13-17(23(2)3)15-9-5-7-11-18(15)25-4/h5-12,14,17H,13H2,1-4H3,(H,22,24). The van der Waals surface area contributed by atoms with Gasteiger partial charge in [0.15, 0.2) is 17.7 Å². The van der Waals surface area contributed by atoms with Crippen molar-refractivity contribution >= 4 is 5.91 Å². The summed E-state index contributed by atoms with van der Waals surface area (Å²) in [5, 5.41) is 2.87. The van der Waals surface area contributed by atoms with Crippen LogP contribution in [0.1, 0.15) is 18.5 Å². The quantitative estimate of drug-likeness (QED) is 0.786. The van der Waals surface area contributed by atoms with Gasteiger partial charge in [-0.05, 0) is 39.2 Å². The Balaban J connectivity index is 2.02. The summed E-state index contributed by atoms with van der Waals surface area (Å²) in [5.41, 5.74) is 0.975. The third-order valence-electron chi connectivity index (χ3n) is 4.10. The molecule has 0 aliphatic heterocycles. The largest absolute Gasteiger partial charge is 0.496 e. The first-order valence-electron chi connectivity index (χ1n) is 8.42. The van der Waals surface area contributed by atoms with Crippen molar-refractivity contribution in [2.75, 3.05) is 27.7 Å². The molecule has 0 saturated heterocycles. The van der Waals surface area contributed by atoms with E-state index in [-0.39, 0.29) is 17.7 Å². The third kappa shape index (κ3) is 4.95. The van der Waals surface area contributed by atoms with E-state index in [4.69, 9.17) is 9.47 Å². The SMILES string of the molecule is COc1ccccc1C(CNC(=O)C(C)Oc1ccccc1F)N(C)C. The number of halogens is 1. The number of amides is 1. The maximum Gasteiger partial charge on any atom is 0.260 e. The predicted octanol–water partition coefficient (Wildman–Crippen LogP) is 3.02. The predicted molar refractivity (Wildman–Crippen MR) is 98.9 cm³/mol. The van der Waals surface area contributed by atoms with Crippen LogP contribution in [0.25, 0.3) is 0 Å². The Morgan fingerprint density at radius 1 is 1.12 bits per heavy atom. The first-order valence-corrected chi connectivity index (χ1v) is 8.42. The van der Waals surface area contributed by atoms with Gasteiger partial charge in [-0.15, -0.1) is 0 Å². The number of carbonyl (C=O) groups excluding carboxylic acids is 1. The average Bonchev–Trinajstić information content (AvgIpc) is 2.63. The average molecular weight is 360 g/mol. The van der Waals surface area contributed by atoms with Crippen LogP contribution in [-0.2, 0) is 4.79 Å². The van der Waals surface area contributed by atoms with E-state index in [2.05, 4.69) is 5.32 Å². The molecule has 2 aromatic rings. The van der Waals surface area contributed by atoms with E-state index >= 15 is 0 Å². The molecule has 0 spiro atoms. The van der Waals surface area contributed by atoms with Crippen molar-refractivity contribution in [2.45, 2.75) is 19.1 Å². The van der Waals surface area contributed by atoms with E-state index in [1.807, 2.05) is 43.3 Å². The summed E-state index contributed by atoms with van der Waals surface area (Å²) in [6.07, 6.45) is -0.813. The van der Waals surface area contributed by atoms with Gasteiger partial charge in [-0.1, -0.05) is 30.3 Å². The summed E-state index contributed by atoms with van der Waals surface area (Å²) in [5.74, 6) is 0.0162. The summed E-state index contributed by atoms with van der Waals surface area (Å²) in [4.78, 5) is 14.4. The summed E-state index contributed by atoms with van der Waals surface area (Å²) in [6.45, 7) is 1.96. The summed E-state index contributed by atoms with van der Waals surface area (Å²) < 4.78 is 24.5. The van der Waals surface area contributed by atoms with Crippen molar-refractivity contribution in [1.29, 1.82) is 0 Å². The van der Waals surface area contributed by atoms with Crippen molar-refractivity contribution in [3.05, 3.63) is 59.9 Å². The zero-order chi connectivity index (χ0) is 19.1. The Bertz CT molecular complexity index is 737. The normalized spacial score (nSPS) is 13.2. The zero-order valence-electron chi connectivity index (χ0n) is 15.5. The molecule has 26 heavy (non-hydrogen) atoms. The van der Waals surface area contributed by atoms with Gasteiger partial charge in [0.1, 0.15) is 5.75 Å². The number of likely N-dealkylation sites (N-methyl/N-ethyl adjacent to an activating group) is 1. The van der Waals surface area contributed by atoms with Crippen LogP contribution >= 0.6 is 0 Å². The minimum Gasteiger partial charge on any atom is -0.496 e. The number of carbonyl (C=O) groups is 1. The molecule has 2 unspecified atom stereocenters. The van der Waals surface area contributed by atoms with Crippen molar-refractivity contribution in [1.82, 2.24) is 10.2 Å². The fourth-order valence-electron chi connectivity index (χ4n) is 2.64. The number of hydrogen-bond acceptors (Lipinski definition) is 4. The van der Waals surface area contributed by atoms with Crippen molar-refractivity contribution in [3.63, 3.8) is 0 Å². The van der Waals surface area contributed by atoms with Crippen LogP contribution in [-0.4, -0.2) is 44.7 Å². The first-order chi connectivity index (χ1) is 12.4. The highest BCUT2D eigenvalue weighted by Gasteiger charge is 2.22.